The molecule has 0 fully saturated rings. The van der Waals surface area contributed by atoms with Gasteiger partial charge in [-0.2, -0.15) is 0 Å². The lowest BCUT2D eigenvalue weighted by atomic mass is 10.1. The van der Waals surface area contributed by atoms with E-state index in [0.29, 0.717) is 17.9 Å². The first kappa shape index (κ1) is 18.5. The number of nitrogens with one attached hydrogen (secondary N) is 2. The molecule has 0 heterocycles. The Morgan fingerprint density at radius 2 is 1.72 bits per heavy atom. The van der Waals surface area contributed by atoms with Crippen LogP contribution in [0.4, 0.5) is 16.2 Å². The molecule has 25 heavy (non-hydrogen) atoms. The van der Waals surface area contributed by atoms with Crippen LogP contribution in [0.25, 0.3) is 0 Å². The van der Waals surface area contributed by atoms with E-state index >= 15 is 0 Å². The fourth-order valence-corrected chi connectivity index (χ4v) is 2.32. The van der Waals surface area contributed by atoms with Crippen molar-refractivity contribution in [2.75, 3.05) is 17.2 Å². The number of urea groups is 1. The molecule has 2 aromatic carbocycles. The Labute approximate surface area is 148 Å². The molecule has 0 spiro atoms. The van der Waals surface area contributed by atoms with Crippen LogP contribution in [0.3, 0.4) is 0 Å². The monoisotopic (exact) mass is 340 g/mol. The molecular weight excluding hydrogens is 316 g/mol. The molecule has 0 radical (unpaired) electrons. The maximum Gasteiger partial charge on any atom is 0.338 e. The molecule has 2 rings (SSSR count). The molecule has 0 unspecified atom stereocenters. The number of rotatable bonds is 6. The third kappa shape index (κ3) is 5.64. The van der Waals surface area contributed by atoms with Crippen LogP contribution in [0.2, 0.25) is 0 Å². The second-order valence-corrected chi connectivity index (χ2v) is 5.96. The van der Waals surface area contributed by atoms with E-state index in [4.69, 9.17) is 4.74 Å². The van der Waals surface area contributed by atoms with Crippen molar-refractivity contribution in [2.45, 2.75) is 33.6 Å². The zero-order valence-corrected chi connectivity index (χ0v) is 14.9. The zero-order valence-electron chi connectivity index (χ0n) is 14.9. The van der Waals surface area contributed by atoms with Crippen LogP contribution >= 0.6 is 0 Å². The van der Waals surface area contributed by atoms with E-state index in [2.05, 4.69) is 10.6 Å². The van der Waals surface area contributed by atoms with Gasteiger partial charge in [-0.3, -0.25) is 0 Å². The van der Waals surface area contributed by atoms with Crippen LogP contribution in [0.15, 0.2) is 42.5 Å². The molecule has 0 aromatic heterocycles. The maximum absolute atomic E-state index is 12.1. The van der Waals surface area contributed by atoms with Crippen molar-refractivity contribution < 1.29 is 14.3 Å². The third-order valence-electron chi connectivity index (χ3n) is 3.74. The van der Waals surface area contributed by atoms with Crippen LogP contribution < -0.4 is 10.6 Å². The van der Waals surface area contributed by atoms with E-state index in [0.717, 1.165) is 29.7 Å². The first-order chi connectivity index (χ1) is 12.0. The number of carbonyl (C=O) groups is 2. The SMILES string of the molecule is CCCCOC(=O)c1ccc(NC(=O)Nc2ccc(C)cc2C)cc1. The highest BCUT2D eigenvalue weighted by atomic mass is 16.5. The Morgan fingerprint density at radius 3 is 2.36 bits per heavy atom. The Kier molecular flexibility index (Phi) is 6.57. The number of unbranched alkanes of at least 4 members (excludes halogenated alkanes) is 1. The third-order valence-corrected chi connectivity index (χ3v) is 3.74. The van der Waals surface area contributed by atoms with Crippen molar-refractivity contribution in [1.29, 1.82) is 0 Å². The quantitative estimate of drug-likeness (QED) is 0.580. The number of ether oxygens (including phenoxy) is 1. The Balaban J connectivity index is 1.91. The second kappa shape index (κ2) is 8.87. The van der Waals surface area contributed by atoms with Crippen molar-refractivity contribution in [1.82, 2.24) is 0 Å². The number of benzene rings is 2. The van der Waals surface area contributed by atoms with Gasteiger partial charge < -0.3 is 15.4 Å². The van der Waals surface area contributed by atoms with Crippen molar-refractivity contribution >= 4 is 23.4 Å². The molecule has 2 N–H and O–H groups in total. The molecule has 5 nitrogen and oxygen atoms in total. The molecule has 0 bridgehead atoms. The van der Waals surface area contributed by atoms with Crippen molar-refractivity contribution in [3.63, 3.8) is 0 Å². The van der Waals surface area contributed by atoms with Crippen molar-refractivity contribution in [3.8, 4) is 0 Å². The number of hydrogen-bond donors (Lipinski definition) is 2. The Hall–Kier alpha value is -2.82. The molecule has 0 aliphatic heterocycles. The lowest BCUT2D eigenvalue weighted by Crippen LogP contribution is -2.20. The summed E-state index contributed by atoms with van der Waals surface area (Å²) in [5, 5.41) is 5.56. The van der Waals surface area contributed by atoms with Gasteiger partial charge >= 0.3 is 12.0 Å². The minimum atomic E-state index is -0.347. The van der Waals surface area contributed by atoms with Gasteiger partial charge in [-0.15, -0.1) is 0 Å². The van der Waals surface area contributed by atoms with E-state index in [1.807, 2.05) is 39.0 Å². The minimum absolute atomic E-state index is 0.328. The molecule has 0 saturated heterocycles. The Morgan fingerprint density at radius 1 is 1.00 bits per heavy atom. The van der Waals surface area contributed by atoms with Gasteiger partial charge in [0, 0.05) is 11.4 Å². The van der Waals surface area contributed by atoms with E-state index in [-0.39, 0.29) is 12.0 Å². The number of hydrogen-bond acceptors (Lipinski definition) is 3. The number of esters is 1. The smallest absolute Gasteiger partial charge is 0.338 e. The first-order valence-electron chi connectivity index (χ1n) is 8.42. The summed E-state index contributed by atoms with van der Waals surface area (Å²) in [6.45, 7) is 6.41. The lowest BCUT2D eigenvalue weighted by molar-refractivity contribution is 0.0500. The maximum atomic E-state index is 12.1. The van der Waals surface area contributed by atoms with Crippen LogP contribution in [-0.4, -0.2) is 18.6 Å². The molecule has 0 aliphatic rings. The van der Waals surface area contributed by atoms with E-state index in [1.165, 1.54) is 0 Å². The number of aryl methyl sites for hydroxylation is 2. The number of anilines is 2. The van der Waals surface area contributed by atoms with Gasteiger partial charge in [0.05, 0.1) is 12.2 Å². The van der Waals surface area contributed by atoms with Crippen LogP contribution in [-0.2, 0) is 4.74 Å². The standard InChI is InChI=1S/C20H24N2O3/c1-4-5-12-25-19(23)16-7-9-17(10-8-16)21-20(24)22-18-11-6-14(2)13-15(18)3/h6-11,13H,4-5,12H2,1-3H3,(H2,21,22,24). The van der Waals surface area contributed by atoms with Gasteiger partial charge in [0.15, 0.2) is 0 Å². The zero-order chi connectivity index (χ0) is 18.2. The first-order valence-corrected chi connectivity index (χ1v) is 8.42. The summed E-state index contributed by atoms with van der Waals surface area (Å²) in [6, 6.07) is 12.1. The highest BCUT2D eigenvalue weighted by Gasteiger charge is 2.08. The van der Waals surface area contributed by atoms with Crippen LogP contribution in [0.5, 0.6) is 0 Å². The van der Waals surface area contributed by atoms with Crippen molar-refractivity contribution in [3.05, 3.63) is 59.2 Å². The van der Waals surface area contributed by atoms with Gasteiger partial charge in [0.1, 0.15) is 0 Å². The fourth-order valence-electron chi connectivity index (χ4n) is 2.32. The van der Waals surface area contributed by atoms with Gasteiger partial charge in [-0.25, -0.2) is 9.59 Å². The van der Waals surface area contributed by atoms with Gasteiger partial charge in [-0.1, -0.05) is 31.0 Å². The Bertz CT molecular complexity index is 739. The summed E-state index contributed by atoms with van der Waals surface area (Å²) in [5.41, 5.74) is 3.98. The van der Waals surface area contributed by atoms with Crippen molar-refractivity contribution in [2.24, 2.45) is 0 Å². The highest BCUT2D eigenvalue weighted by molar-refractivity contribution is 6.00. The minimum Gasteiger partial charge on any atom is -0.462 e. The molecule has 0 saturated carbocycles. The topological polar surface area (TPSA) is 67.4 Å². The van der Waals surface area contributed by atoms with Gasteiger partial charge in [0.2, 0.25) is 0 Å². The molecule has 132 valence electrons. The molecule has 2 amide bonds. The van der Waals surface area contributed by atoms with E-state index in [1.54, 1.807) is 24.3 Å². The summed E-state index contributed by atoms with van der Waals surface area (Å²) < 4.78 is 5.15. The van der Waals surface area contributed by atoms with Gasteiger partial charge in [0.25, 0.3) is 0 Å². The molecule has 0 aliphatic carbocycles. The summed E-state index contributed by atoms with van der Waals surface area (Å²) >= 11 is 0. The van der Waals surface area contributed by atoms with Gasteiger partial charge in [-0.05, 0) is 56.2 Å². The molecular formula is C20H24N2O3. The predicted molar refractivity (Wildman–Crippen MR) is 100 cm³/mol. The second-order valence-electron chi connectivity index (χ2n) is 5.96. The predicted octanol–water partition coefficient (Wildman–Crippen LogP) is 4.90. The van der Waals surface area contributed by atoms with E-state index in [9.17, 15) is 9.59 Å². The number of amides is 2. The average molecular weight is 340 g/mol. The average Bonchev–Trinajstić information content (AvgIpc) is 2.58. The summed E-state index contributed by atoms with van der Waals surface area (Å²) in [4.78, 5) is 23.9. The number of carbonyl (C=O) groups excluding carboxylic acids is 2. The molecule has 0 atom stereocenters. The van der Waals surface area contributed by atoms with Crippen LogP contribution in [0.1, 0.15) is 41.3 Å². The lowest BCUT2D eigenvalue weighted by Gasteiger charge is -2.11. The molecule has 5 heteroatoms. The van der Waals surface area contributed by atoms with E-state index < -0.39 is 0 Å². The molecule has 2 aromatic rings. The summed E-state index contributed by atoms with van der Waals surface area (Å²) in [7, 11) is 0. The normalized spacial score (nSPS) is 10.2. The summed E-state index contributed by atoms with van der Waals surface area (Å²) in [5.74, 6) is -0.347. The fraction of sp³-hybridized carbons (Fsp3) is 0.300. The largest absolute Gasteiger partial charge is 0.462 e. The highest BCUT2D eigenvalue weighted by Crippen LogP contribution is 2.17. The summed E-state index contributed by atoms with van der Waals surface area (Å²) in [6.07, 6.45) is 1.83. The van der Waals surface area contributed by atoms with Crippen LogP contribution in [0, 0.1) is 13.8 Å².